The molecule has 2 aliphatic heterocycles. The fourth-order valence-electron chi connectivity index (χ4n) is 3.03. The minimum Gasteiger partial charge on any atom is -0.378 e. The lowest BCUT2D eigenvalue weighted by molar-refractivity contribution is -0.0796. The monoisotopic (exact) mass is 280 g/mol. The van der Waals surface area contributed by atoms with Gasteiger partial charge in [0.15, 0.2) is 0 Å². The van der Waals surface area contributed by atoms with Crippen molar-refractivity contribution in [1.29, 1.82) is 0 Å². The quantitative estimate of drug-likeness (QED) is 0.785. The van der Waals surface area contributed by atoms with Gasteiger partial charge in [-0.2, -0.15) is 11.3 Å². The number of carbonyl (C=O) groups is 1. The number of ether oxygens (including phenoxy) is 1. The molecule has 0 saturated carbocycles. The van der Waals surface area contributed by atoms with Crippen LogP contribution in [0, 0.1) is 0 Å². The van der Waals surface area contributed by atoms with Crippen molar-refractivity contribution < 1.29 is 9.53 Å². The molecule has 1 aromatic rings. The van der Waals surface area contributed by atoms with Gasteiger partial charge in [0.05, 0.1) is 18.8 Å². The maximum Gasteiger partial charge on any atom is 0.254 e. The summed E-state index contributed by atoms with van der Waals surface area (Å²) in [6.45, 7) is 4.31. The highest BCUT2D eigenvalue weighted by molar-refractivity contribution is 7.08. The summed E-state index contributed by atoms with van der Waals surface area (Å²) in [6, 6.07) is 1.91. The molecule has 104 valence electrons. The number of nitrogens with zero attached hydrogens (tertiary/aromatic N) is 2. The maximum atomic E-state index is 12.3. The lowest BCUT2D eigenvalue weighted by Crippen LogP contribution is -2.60. The third-order valence-corrected chi connectivity index (χ3v) is 5.18. The van der Waals surface area contributed by atoms with E-state index in [0.29, 0.717) is 0 Å². The molecule has 19 heavy (non-hydrogen) atoms. The largest absolute Gasteiger partial charge is 0.378 e. The molecule has 3 rings (SSSR count). The van der Waals surface area contributed by atoms with Gasteiger partial charge in [-0.3, -0.25) is 9.69 Å². The number of amides is 1. The van der Waals surface area contributed by atoms with E-state index in [1.807, 2.05) is 21.7 Å². The van der Waals surface area contributed by atoms with E-state index in [-0.39, 0.29) is 11.4 Å². The Labute approximate surface area is 118 Å². The molecule has 0 atom stereocenters. The van der Waals surface area contributed by atoms with Crippen LogP contribution in [0.1, 0.15) is 23.2 Å². The van der Waals surface area contributed by atoms with Crippen molar-refractivity contribution in [2.45, 2.75) is 18.4 Å². The predicted molar refractivity (Wildman–Crippen MR) is 75.6 cm³/mol. The van der Waals surface area contributed by atoms with Gasteiger partial charge in [0.1, 0.15) is 0 Å². The predicted octanol–water partition coefficient (Wildman–Crippen LogP) is 1.68. The zero-order valence-corrected chi connectivity index (χ0v) is 12.1. The summed E-state index contributed by atoms with van der Waals surface area (Å²) in [5, 5.41) is 3.89. The Kier molecular flexibility index (Phi) is 3.60. The molecule has 0 unspecified atom stereocenters. The van der Waals surface area contributed by atoms with Crippen LogP contribution in [0.25, 0.3) is 0 Å². The summed E-state index contributed by atoms with van der Waals surface area (Å²) in [5.41, 5.74) is 0.984. The van der Waals surface area contributed by atoms with Gasteiger partial charge < -0.3 is 9.64 Å². The van der Waals surface area contributed by atoms with E-state index in [0.717, 1.165) is 51.3 Å². The van der Waals surface area contributed by atoms with Crippen LogP contribution in [0.15, 0.2) is 16.8 Å². The molecule has 2 fully saturated rings. The van der Waals surface area contributed by atoms with Gasteiger partial charge in [0.2, 0.25) is 0 Å². The molecule has 1 spiro atoms. The lowest BCUT2D eigenvalue weighted by Gasteiger charge is -2.49. The molecule has 5 heteroatoms. The van der Waals surface area contributed by atoms with Crippen LogP contribution >= 0.6 is 11.3 Å². The number of rotatable bonds is 1. The van der Waals surface area contributed by atoms with E-state index < -0.39 is 0 Å². The Balaban J connectivity index is 1.64. The zero-order chi connectivity index (χ0) is 13.3. The first kappa shape index (κ1) is 13.1. The zero-order valence-electron chi connectivity index (χ0n) is 11.3. The van der Waals surface area contributed by atoms with Gasteiger partial charge in [0.25, 0.3) is 5.91 Å². The highest BCUT2D eigenvalue weighted by Gasteiger charge is 2.41. The van der Waals surface area contributed by atoms with Crippen LogP contribution in [-0.2, 0) is 4.74 Å². The summed E-state index contributed by atoms with van der Waals surface area (Å²) < 4.78 is 5.66. The van der Waals surface area contributed by atoms with Crippen LogP contribution in [0.4, 0.5) is 0 Å². The van der Waals surface area contributed by atoms with Crippen molar-refractivity contribution in [2.75, 3.05) is 39.9 Å². The first-order valence-electron chi connectivity index (χ1n) is 6.82. The van der Waals surface area contributed by atoms with Crippen LogP contribution in [0.3, 0.4) is 0 Å². The van der Waals surface area contributed by atoms with Crippen molar-refractivity contribution in [3.05, 3.63) is 22.4 Å². The number of carbonyl (C=O) groups excluding carboxylic acids is 1. The van der Waals surface area contributed by atoms with Gasteiger partial charge in [-0.15, -0.1) is 0 Å². The molecular formula is C14H20N2O2S. The molecule has 4 nitrogen and oxygen atoms in total. The number of likely N-dealkylation sites (tertiary alicyclic amines) is 1. The van der Waals surface area contributed by atoms with Crippen LogP contribution in [0.5, 0.6) is 0 Å². The fraction of sp³-hybridized carbons (Fsp3) is 0.643. The molecular weight excluding hydrogens is 260 g/mol. The molecule has 3 heterocycles. The average Bonchev–Trinajstić information content (AvgIpc) is 2.96. The molecule has 2 aliphatic rings. The standard InChI is InChI=1S/C14H20N2O2S/c1-15-7-8-18-11-14(15)3-5-16(6-4-14)13(17)12-2-9-19-10-12/h2,9-10H,3-8,11H2,1H3. The van der Waals surface area contributed by atoms with E-state index >= 15 is 0 Å². The molecule has 0 bridgehead atoms. The Morgan fingerprint density at radius 1 is 1.37 bits per heavy atom. The lowest BCUT2D eigenvalue weighted by atomic mass is 9.85. The smallest absolute Gasteiger partial charge is 0.254 e. The number of morpholine rings is 1. The Bertz CT molecular complexity index is 438. The van der Waals surface area contributed by atoms with E-state index in [1.54, 1.807) is 11.3 Å². The summed E-state index contributed by atoms with van der Waals surface area (Å²) in [6.07, 6.45) is 2.03. The summed E-state index contributed by atoms with van der Waals surface area (Å²) >= 11 is 1.58. The molecule has 1 aromatic heterocycles. The molecule has 1 amide bonds. The van der Waals surface area contributed by atoms with Crippen LogP contribution in [0.2, 0.25) is 0 Å². The normalized spacial score (nSPS) is 23.7. The molecule has 0 N–H and O–H groups in total. The van der Waals surface area contributed by atoms with Gasteiger partial charge >= 0.3 is 0 Å². The van der Waals surface area contributed by atoms with Crippen molar-refractivity contribution in [3.8, 4) is 0 Å². The van der Waals surface area contributed by atoms with Gasteiger partial charge in [-0.25, -0.2) is 0 Å². The number of thiophene rings is 1. The minimum absolute atomic E-state index is 0.156. The molecule has 2 saturated heterocycles. The number of hydrogen-bond donors (Lipinski definition) is 0. The topological polar surface area (TPSA) is 32.8 Å². The van der Waals surface area contributed by atoms with E-state index in [4.69, 9.17) is 4.74 Å². The summed E-state index contributed by atoms with van der Waals surface area (Å²) in [5.74, 6) is 0.176. The van der Waals surface area contributed by atoms with Gasteiger partial charge in [-0.05, 0) is 31.3 Å². The van der Waals surface area contributed by atoms with Crippen molar-refractivity contribution in [1.82, 2.24) is 9.80 Å². The summed E-state index contributed by atoms with van der Waals surface area (Å²) in [7, 11) is 2.18. The second kappa shape index (κ2) is 5.23. The third kappa shape index (κ3) is 2.42. The SMILES string of the molecule is CN1CCOCC12CCN(C(=O)c1ccsc1)CC2. The second-order valence-electron chi connectivity index (χ2n) is 5.50. The van der Waals surface area contributed by atoms with Crippen molar-refractivity contribution in [3.63, 3.8) is 0 Å². The molecule has 0 radical (unpaired) electrons. The Hall–Kier alpha value is -0.910. The second-order valence-corrected chi connectivity index (χ2v) is 6.28. The Morgan fingerprint density at radius 2 is 2.16 bits per heavy atom. The highest BCUT2D eigenvalue weighted by Crippen LogP contribution is 2.31. The van der Waals surface area contributed by atoms with Crippen molar-refractivity contribution in [2.24, 2.45) is 0 Å². The van der Waals surface area contributed by atoms with Gasteiger partial charge in [-0.1, -0.05) is 0 Å². The number of piperidine rings is 1. The van der Waals surface area contributed by atoms with E-state index in [2.05, 4.69) is 11.9 Å². The average molecular weight is 280 g/mol. The highest BCUT2D eigenvalue weighted by atomic mass is 32.1. The Morgan fingerprint density at radius 3 is 2.79 bits per heavy atom. The summed E-state index contributed by atoms with van der Waals surface area (Å²) in [4.78, 5) is 16.7. The van der Waals surface area contributed by atoms with Gasteiger partial charge in [0, 0.05) is 30.6 Å². The first-order chi connectivity index (χ1) is 9.21. The first-order valence-corrected chi connectivity index (χ1v) is 7.76. The van der Waals surface area contributed by atoms with Crippen LogP contribution in [-0.4, -0.2) is 61.1 Å². The molecule has 0 aliphatic carbocycles. The fourth-order valence-corrected chi connectivity index (χ4v) is 3.66. The number of hydrogen-bond acceptors (Lipinski definition) is 4. The van der Waals surface area contributed by atoms with E-state index in [9.17, 15) is 4.79 Å². The number of likely N-dealkylation sites (N-methyl/N-ethyl adjacent to an activating group) is 1. The maximum absolute atomic E-state index is 12.3. The van der Waals surface area contributed by atoms with E-state index in [1.165, 1.54) is 0 Å². The van der Waals surface area contributed by atoms with Crippen molar-refractivity contribution >= 4 is 17.2 Å². The minimum atomic E-state index is 0.156. The third-order valence-electron chi connectivity index (χ3n) is 4.50. The molecule has 0 aromatic carbocycles. The van der Waals surface area contributed by atoms with Crippen LogP contribution < -0.4 is 0 Å².